The van der Waals surface area contributed by atoms with Crippen molar-refractivity contribution in [2.75, 3.05) is 5.33 Å². The molecule has 4 heteroatoms. The van der Waals surface area contributed by atoms with Crippen LogP contribution < -0.4 is 5.32 Å². The molecule has 0 atom stereocenters. The lowest BCUT2D eigenvalue weighted by atomic mass is 10.0. The van der Waals surface area contributed by atoms with Crippen molar-refractivity contribution in [2.45, 2.75) is 32.7 Å². The Hall–Kier alpha value is -0.350. The third-order valence-corrected chi connectivity index (χ3v) is 3.63. The molecule has 0 saturated heterocycles. The lowest BCUT2D eigenvalue weighted by molar-refractivity contribution is 0.0911. The van der Waals surface area contributed by atoms with E-state index in [1.165, 1.54) is 0 Å². The Balaban J connectivity index is 2.86. The van der Waals surface area contributed by atoms with Crippen LogP contribution in [0.5, 0.6) is 0 Å². The Morgan fingerprint density at radius 2 is 2.06 bits per heavy atom. The van der Waals surface area contributed by atoms with E-state index in [-0.39, 0.29) is 11.4 Å². The third-order valence-electron chi connectivity index (χ3n) is 2.54. The molecule has 1 amide bonds. The lowest BCUT2D eigenvalue weighted by Crippen LogP contribution is -2.43. The van der Waals surface area contributed by atoms with Gasteiger partial charge in [-0.25, -0.2) is 0 Å². The van der Waals surface area contributed by atoms with E-state index < -0.39 is 0 Å². The molecule has 1 rings (SSSR count). The van der Waals surface area contributed by atoms with Crippen molar-refractivity contribution in [2.24, 2.45) is 0 Å². The van der Waals surface area contributed by atoms with Crippen LogP contribution in [0.3, 0.4) is 0 Å². The minimum absolute atomic E-state index is 0.0356. The molecule has 0 fully saturated rings. The van der Waals surface area contributed by atoms with Crippen molar-refractivity contribution in [1.82, 2.24) is 5.32 Å². The van der Waals surface area contributed by atoms with Gasteiger partial charge in [-0.3, -0.25) is 4.79 Å². The average Bonchev–Trinajstić information content (AvgIpc) is 2.20. The number of hydrogen-bond acceptors (Lipinski definition) is 1. The molecule has 0 bridgehead atoms. The number of halogens is 2. The molecule has 0 aliphatic carbocycles. The number of aryl methyl sites for hydroxylation is 1. The fourth-order valence-electron chi connectivity index (χ4n) is 1.49. The van der Waals surface area contributed by atoms with Crippen LogP contribution in [0.1, 0.15) is 36.2 Å². The van der Waals surface area contributed by atoms with Gasteiger partial charge in [0.25, 0.3) is 5.91 Å². The summed E-state index contributed by atoms with van der Waals surface area (Å²) >= 11 is 6.80. The van der Waals surface area contributed by atoms with E-state index in [2.05, 4.69) is 37.2 Å². The van der Waals surface area contributed by atoms with Gasteiger partial charge in [0, 0.05) is 15.3 Å². The van der Waals surface area contributed by atoms with Crippen LogP contribution in [0.2, 0.25) is 0 Å². The fourth-order valence-corrected chi connectivity index (χ4v) is 2.90. The van der Waals surface area contributed by atoms with Crippen molar-refractivity contribution < 1.29 is 4.79 Å². The third kappa shape index (κ3) is 4.43. The maximum atomic E-state index is 12.2. The number of amides is 1. The smallest absolute Gasteiger partial charge is 0.252 e. The second-order valence-electron chi connectivity index (χ2n) is 4.76. The summed E-state index contributed by atoms with van der Waals surface area (Å²) in [6, 6.07) is 5.77. The van der Waals surface area contributed by atoms with Crippen molar-refractivity contribution in [3.8, 4) is 0 Å². The number of carbonyl (C=O) groups excluding carboxylic acids is 1. The monoisotopic (exact) mass is 361 g/mol. The van der Waals surface area contributed by atoms with Crippen LogP contribution in [0, 0.1) is 6.92 Å². The molecule has 0 unspecified atom stereocenters. The Morgan fingerprint density at radius 3 is 2.65 bits per heavy atom. The van der Waals surface area contributed by atoms with Crippen LogP contribution in [0.25, 0.3) is 0 Å². The molecule has 0 spiro atoms. The summed E-state index contributed by atoms with van der Waals surface area (Å²) in [6.45, 7) is 6.03. The zero-order valence-electron chi connectivity index (χ0n) is 10.3. The highest BCUT2D eigenvalue weighted by atomic mass is 79.9. The number of carbonyl (C=O) groups is 1. The quantitative estimate of drug-likeness (QED) is 0.804. The van der Waals surface area contributed by atoms with E-state index in [0.29, 0.717) is 5.56 Å². The number of rotatable bonds is 4. The van der Waals surface area contributed by atoms with Gasteiger partial charge in [-0.2, -0.15) is 0 Å². The van der Waals surface area contributed by atoms with E-state index in [0.717, 1.165) is 21.8 Å². The first kappa shape index (κ1) is 14.7. The number of hydrogen-bond donors (Lipinski definition) is 1. The fraction of sp³-hybridized carbons (Fsp3) is 0.462. The molecule has 2 nitrogen and oxygen atoms in total. The summed E-state index contributed by atoms with van der Waals surface area (Å²) in [5, 5.41) is 3.91. The van der Waals surface area contributed by atoms with Gasteiger partial charge in [-0.05, 0) is 55.3 Å². The van der Waals surface area contributed by atoms with Crippen LogP contribution in [0.4, 0.5) is 0 Å². The van der Waals surface area contributed by atoms with Crippen molar-refractivity contribution in [3.05, 3.63) is 33.8 Å². The topological polar surface area (TPSA) is 29.1 Å². The number of alkyl halides is 1. The highest BCUT2D eigenvalue weighted by Gasteiger charge is 2.21. The summed E-state index contributed by atoms with van der Waals surface area (Å²) < 4.78 is 0.829. The second-order valence-corrected chi connectivity index (χ2v) is 6.41. The van der Waals surface area contributed by atoms with E-state index in [4.69, 9.17) is 0 Å². The molecule has 0 radical (unpaired) electrons. The Labute approximate surface area is 119 Å². The van der Waals surface area contributed by atoms with Gasteiger partial charge >= 0.3 is 0 Å². The zero-order valence-corrected chi connectivity index (χ0v) is 13.5. The molecule has 1 aromatic rings. The molecule has 17 heavy (non-hydrogen) atoms. The van der Waals surface area contributed by atoms with E-state index in [1.54, 1.807) is 0 Å². The van der Waals surface area contributed by atoms with E-state index in [9.17, 15) is 4.79 Å². The summed E-state index contributed by atoms with van der Waals surface area (Å²) in [5.74, 6) is -0.0356. The SMILES string of the molecule is Cc1ccc(Br)c(C(=O)NC(C)(C)CCBr)c1. The van der Waals surface area contributed by atoms with Gasteiger partial charge in [0.15, 0.2) is 0 Å². The zero-order chi connectivity index (χ0) is 13.1. The van der Waals surface area contributed by atoms with Crippen LogP contribution in [-0.2, 0) is 0 Å². The second kappa shape index (κ2) is 6.01. The molecule has 0 heterocycles. The molecular weight excluding hydrogens is 346 g/mol. The highest BCUT2D eigenvalue weighted by molar-refractivity contribution is 9.10. The minimum atomic E-state index is -0.205. The number of nitrogens with one attached hydrogen (secondary N) is 1. The normalized spacial score (nSPS) is 11.4. The summed E-state index contributed by atoms with van der Waals surface area (Å²) in [6.07, 6.45) is 0.891. The van der Waals surface area contributed by atoms with Gasteiger partial charge in [-0.15, -0.1) is 0 Å². The van der Waals surface area contributed by atoms with Gasteiger partial charge in [0.2, 0.25) is 0 Å². The Morgan fingerprint density at radius 1 is 1.41 bits per heavy atom. The van der Waals surface area contributed by atoms with Gasteiger partial charge in [-0.1, -0.05) is 27.6 Å². The minimum Gasteiger partial charge on any atom is -0.347 e. The molecular formula is C13H17Br2NO. The standard InChI is InChI=1S/C13H17Br2NO/c1-9-4-5-11(15)10(8-9)12(17)16-13(2,3)6-7-14/h4-5,8H,6-7H2,1-3H3,(H,16,17). The Bertz CT molecular complexity index is 416. The van der Waals surface area contributed by atoms with Crippen molar-refractivity contribution in [3.63, 3.8) is 0 Å². The summed E-state index contributed by atoms with van der Waals surface area (Å²) in [5.41, 5.74) is 1.56. The Kier molecular flexibility index (Phi) is 5.20. The van der Waals surface area contributed by atoms with Crippen LogP contribution in [0.15, 0.2) is 22.7 Å². The highest BCUT2D eigenvalue weighted by Crippen LogP contribution is 2.19. The van der Waals surface area contributed by atoms with Gasteiger partial charge < -0.3 is 5.32 Å². The van der Waals surface area contributed by atoms with Gasteiger partial charge in [0.1, 0.15) is 0 Å². The molecule has 0 aromatic heterocycles. The molecule has 94 valence electrons. The first-order valence-electron chi connectivity index (χ1n) is 5.50. The summed E-state index contributed by atoms with van der Waals surface area (Å²) in [7, 11) is 0. The summed E-state index contributed by atoms with van der Waals surface area (Å²) in [4.78, 5) is 12.2. The molecule has 1 N–H and O–H groups in total. The molecule has 0 saturated carbocycles. The molecule has 1 aromatic carbocycles. The number of benzene rings is 1. The van der Waals surface area contributed by atoms with Crippen LogP contribution in [-0.4, -0.2) is 16.8 Å². The molecule has 0 aliphatic heterocycles. The predicted molar refractivity (Wildman–Crippen MR) is 78.8 cm³/mol. The van der Waals surface area contributed by atoms with Gasteiger partial charge in [0.05, 0.1) is 5.56 Å². The predicted octanol–water partition coefficient (Wildman–Crippen LogP) is 4.05. The first-order valence-corrected chi connectivity index (χ1v) is 7.42. The average molecular weight is 363 g/mol. The van der Waals surface area contributed by atoms with E-state index in [1.807, 2.05) is 39.0 Å². The lowest BCUT2D eigenvalue weighted by Gasteiger charge is -2.25. The van der Waals surface area contributed by atoms with E-state index >= 15 is 0 Å². The first-order chi connectivity index (χ1) is 7.85. The maximum Gasteiger partial charge on any atom is 0.252 e. The van der Waals surface area contributed by atoms with Crippen LogP contribution >= 0.6 is 31.9 Å². The molecule has 0 aliphatic rings. The van der Waals surface area contributed by atoms with Crippen molar-refractivity contribution in [1.29, 1.82) is 0 Å². The largest absolute Gasteiger partial charge is 0.347 e. The van der Waals surface area contributed by atoms with Crippen molar-refractivity contribution >= 4 is 37.8 Å². The maximum absolute atomic E-state index is 12.2.